The predicted octanol–water partition coefficient (Wildman–Crippen LogP) is 3.42. The summed E-state index contributed by atoms with van der Waals surface area (Å²) in [7, 11) is 0. The van der Waals surface area contributed by atoms with E-state index in [1.54, 1.807) is 39.0 Å². The zero-order valence-electron chi connectivity index (χ0n) is 12.0. The molecule has 110 valence electrons. The molecule has 0 spiro atoms. The minimum absolute atomic E-state index is 0.0366. The second kappa shape index (κ2) is 5.54. The molecule has 0 aliphatic rings. The molecule has 0 unspecified atom stereocenters. The zero-order chi connectivity index (χ0) is 15.6. The van der Waals surface area contributed by atoms with E-state index in [1.807, 2.05) is 6.07 Å². The first-order valence-electron chi connectivity index (χ1n) is 6.44. The second-order valence-corrected chi connectivity index (χ2v) is 5.62. The van der Waals surface area contributed by atoms with Crippen LogP contribution < -0.4 is 0 Å². The quantitative estimate of drug-likeness (QED) is 0.692. The number of carbonyl (C=O) groups excluding carboxylic acids is 1. The molecule has 0 aliphatic heterocycles. The van der Waals surface area contributed by atoms with E-state index in [1.165, 1.54) is 12.1 Å². The maximum absolute atomic E-state index is 12.0. The molecule has 5 nitrogen and oxygen atoms in total. The van der Waals surface area contributed by atoms with Gasteiger partial charge < -0.3 is 5.11 Å². The summed E-state index contributed by atoms with van der Waals surface area (Å²) in [5, 5.41) is 10.7. The molecule has 0 aromatic heterocycles. The Hall–Kier alpha value is -2.40. The monoisotopic (exact) mass is 288 g/mol. The molecule has 21 heavy (non-hydrogen) atoms. The normalized spacial score (nSPS) is 11.4. The SMILES string of the molecule is CC(C)(C)OOC(=O)c1cc2ccccc2cc1C(=O)O. The van der Waals surface area contributed by atoms with Gasteiger partial charge in [0.1, 0.15) is 5.60 Å². The van der Waals surface area contributed by atoms with Crippen molar-refractivity contribution >= 4 is 22.7 Å². The smallest absolute Gasteiger partial charge is 0.374 e. The molecule has 2 rings (SSSR count). The lowest BCUT2D eigenvalue weighted by molar-refractivity contribution is -0.301. The Morgan fingerprint density at radius 2 is 1.52 bits per heavy atom. The number of aromatic carboxylic acids is 1. The minimum Gasteiger partial charge on any atom is -0.478 e. The van der Waals surface area contributed by atoms with Gasteiger partial charge in [-0.25, -0.2) is 9.59 Å². The molecule has 0 heterocycles. The third-order valence-electron chi connectivity index (χ3n) is 2.70. The van der Waals surface area contributed by atoms with E-state index in [0.29, 0.717) is 0 Å². The van der Waals surface area contributed by atoms with Crippen LogP contribution in [-0.4, -0.2) is 22.6 Å². The van der Waals surface area contributed by atoms with Gasteiger partial charge in [0, 0.05) is 0 Å². The fourth-order valence-electron chi connectivity index (χ4n) is 1.79. The molecule has 0 saturated carbocycles. The van der Waals surface area contributed by atoms with Crippen LogP contribution in [0.2, 0.25) is 0 Å². The summed E-state index contributed by atoms with van der Waals surface area (Å²) in [5.41, 5.74) is -0.822. The molecule has 0 saturated heterocycles. The molecular weight excluding hydrogens is 272 g/mol. The highest BCUT2D eigenvalue weighted by atomic mass is 17.2. The Labute approximate surface area is 122 Å². The van der Waals surface area contributed by atoms with Crippen molar-refractivity contribution in [3.63, 3.8) is 0 Å². The molecule has 2 aromatic rings. The van der Waals surface area contributed by atoms with E-state index in [2.05, 4.69) is 0 Å². The molecule has 0 bridgehead atoms. The van der Waals surface area contributed by atoms with Crippen LogP contribution in [0.15, 0.2) is 36.4 Å². The van der Waals surface area contributed by atoms with E-state index >= 15 is 0 Å². The van der Waals surface area contributed by atoms with Gasteiger partial charge in [0.05, 0.1) is 11.1 Å². The Morgan fingerprint density at radius 3 is 2.00 bits per heavy atom. The van der Waals surface area contributed by atoms with E-state index < -0.39 is 17.5 Å². The summed E-state index contributed by atoms with van der Waals surface area (Å²) >= 11 is 0. The van der Waals surface area contributed by atoms with Crippen molar-refractivity contribution in [1.82, 2.24) is 0 Å². The van der Waals surface area contributed by atoms with Gasteiger partial charge in [0.25, 0.3) is 0 Å². The van der Waals surface area contributed by atoms with Crippen molar-refractivity contribution in [2.75, 3.05) is 0 Å². The van der Waals surface area contributed by atoms with Crippen LogP contribution in [0.25, 0.3) is 10.8 Å². The number of carbonyl (C=O) groups is 2. The number of rotatable bonds is 3. The lowest BCUT2D eigenvalue weighted by atomic mass is 10.0. The third kappa shape index (κ3) is 3.58. The largest absolute Gasteiger partial charge is 0.478 e. The maximum Gasteiger partial charge on any atom is 0.374 e. The standard InChI is InChI=1S/C16H16O5/c1-16(2,3)21-20-15(19)13-9-11-7-5-4-6-10(11)8-12(13)14(17)18/h4-9H,1-3H3,(H,17,18). The van der Waals surface area contributed by atoms with Gasteiger partial charge in [0.2, 0.25) is 0 Å². The molecular formula is C16H16O5. The minimum atomic E-state index is -1.19. The Morgan fingerprint density at radius 1 is 1.00 bits per heavy atom. The van der Waals surface area contributed by atoms with Gasteiger partial charge in [0.15, 0.2) is 0 Å². The first-order chi connectivity index (χ1) is 9.78. The van der Waals surface area contributed by atoms with Crippen molar-refractivity contribution in [2.45, 2.75) is 26.4 Å². The highest BCUT2D eigenvalue weighted by Crippen LogP contribution is 2.22. The van der Waals surface area contributed by atoms with Crippen LogP contribution in [0.4, 0.5) is 0 Å². The Balaban J connectivity index is 2.43. The highest BCUT2D eigenvalue weighted by Gasteiger charge is 2.22. The van der Waals surface area contributed by atoms with Crippen molar-refractivity contribution in [2.24, 2.45) is 0 Å². The van der Waals surface area contributed by atoms with Crippen LogP contribution in [0.5, 0.6) is 0 Å². The van der Waals surface area contributed by atoms with Crippen molar-refractivity contribution in [1.29, 1.82) is 0 Å². The Bertz CT molecular complexity index is 697. The van der Waals surface area contributed by atoms with E-state index in [9.17, 15) is 14.7 Å². The number of carboxylic acid groups (broad SMARTS) is 1. The number of hydrogen-bond acceptors (Lipinski definition) is 4. The van der Waals surface area contributed by atoms with Gasteiger partial charge in [-0.05, 0) is 43.7 Å². The lowest BCUT2D eigenvalue weighted by Gasteiger charge is -2.17. The van der Waals surface area contributed by atoms with Gasteiger partial charge in [-0.1, -0.05) is 24.3 Å². The van der Waals surface area contributed by atoms with Gasteiger partial charge in [-0.2, -0.15) is 4.89 Å². The summed E-state index contributed by atoms with van der Waals surface area (Å²) in [4.78, 5) is 33.1. The van der Waals surface area contributed by atoms with Gasteiger partial charge >= 0.3 is 11.9 Å². The van der Waals surface area contributed by atoms with Crippen LogP contribution in [0, 0.1) is 0 Å². The van der Waals surface area contributed by atoms with E-state index in [-0.39, 0.29) is 11.1 Å². The first kappa shape index (κ1) is 15.0. The van der Waals surface area contributed by atoms with Crippen LogP contribution in [0.3, 0.4) is 0 Å². The summed E-state index contributed by atoms with van der Waals surface area (Å²) in [6, 6.07) is 10.1. The van der Waals surface area contributed by atoms with Crippen LogP contribution in [-0.2, 0) is 9.78 Å². The topological polar surface area (TPSA) is 72.8 Å². The van der Waals surface area contributed by atoms with E-state index in [4.69, 9.17) is 9.78 Å². The molecule has 1 N–H and O–H groups in total. The molecule has 0 radical (unpaired) electrons. The van der Waals surface area contributed by atoms with Crippen molar-refractivity contribution in [3.8, 4) is 0 Å². The molecule has 0 atom stereocenters. The van der Waals surface area contributed by atoms with Crippen molar-refractivity contribution < 1.29 is 24.5 Å². The summed E-state index contributed by atoms with van der Waals surface area (Å²) in [6.45, 7) is 5.16. The van der Waals surface area contributed by atoms with Gasteiger partial charge in [-0.3, -0.25) is 4.89 Å². The molecule has 2 aromatic carbocycles. The molecule has 0 aliphatic carbocycles. The maximum atomic E-state index is 12.0. The summed E-state index contributed by atoms with van der Waals surface area (Å²) < 4.78 is 0. The Kier molecular flexibility index (Phi) is 3.95. The number of hydrogen-bond donors (Lipinski definition) is 1. The van der Waals surface area contributed by atoms with Crippen LogP contribution in [0.1, 0.15) is 41.5 Å². The number of benzene rings is 2. The molecule has 0 amide bonds. The lowest BCUT2D eigenvalue weighted by Crippen LogP contribution is -2.22. The fraction of sp³-hybridized carbons (Fsp3) is 0.250. The average Bonchev–Trinajstić information content (AvgIpc) is 2.42. The average molecular weight is 288 g/mol. The summed E-state index contributed by atoms with van der Waals surface area (Å²) in [5.74, 6) is -2.02. The van der Waals surface area contributed by atoms with Crippen LogP contribution >= 0.6 is 0 Å². The molecule has 5 heteroatoms. The predicted molar refractivity (Wildman–Crippen MR) is 77.2 cm³/mol. The number of fused-ring (bicyclic) bond motifs is 1. The fourth-order valence-corrected chi connectivity index (χ4v) is 1.79. The summed E-state index contributed by atoms with van der Waals surface area (Å²) in [6.07, 6.45) is 0. The first-order valence-corrected chi connectivity index (χ1v) is 6.44. The zero-order valence-corrected chi connectivity index (χ0v) is 12.0. The third-order valence-corrected chi connectivity index (χ3v) is 2.70. The van der Waals surface area contributed by atoms with Gasteiger partial charge in [-0.15, -0.1) is 0 Å². The van der Waals surface area contributed by atoms with E-state index in [0.717, 1.165) is 10.8 Å². The number of carboxylic acids is 1. The highest BCUT2D eigenvalue weighted by molar-refractivity contribution is 6.06. The molecule has 0 fully saturated rings. The second-order valence-electron chi connectivity index (χ2n) is 5.62. The van der Waals surface area contributed by atoms with Crippen molar-refractivity contribution in [3.05, 3.63) is 47.5 Å².